The highest BCUT2D eigenvalue weighted by atomic mass is 16.2. The molecule has 0 saturated heterocycles. The van der Waals surface area contributed by atoms with Crippen LogP contribution in [0, 0.1) is 0 Å². The zero-order valence-corrected chi connectivity index (χ0v) is 14.2. The molecule has 0 radical (unpaired) electrons. The summed E-state index contributed by atoms with van der Waals surface area (Å²) < 4.78 is 0. The molecule has 1 heterocycles. The van der Waals surface area contributed by atoms with Crippen molar-refractivity contribution in [1.29, 1.82) is 0 Å². The van der Waals surface area contributed by atoms with Gasteiger partial charge in [-0.1, -0.05) is 12.1 Å². The number of nitrogens with two attached hydrogens (primary N) is 2. The molecule has 0 bridgehead atoms. The number of pyridine rings is 1. The fourth-order valence-electron chi connectivity index (χ4n) is 2.12. The van der Waals surface area contributed by atoms with Crippen molar-refractivity contribution < 1.29 is 19.2 Å². The summed E-state index contributed by atoms with van der Waals surface area (Å²) in [7, 11) is 0. The van der Waals surface area contributed by atoms with Crippen LogP contribution in [0.5, 0.6) is 0 Å². The minimum Gasteiger partial charge on any atom is -0.364 e. The van der Waals surface area contributed by atoms with E-state index in [1.165, 1.54) is 24.3 Å². The Kier molecular flexibility index (Phi) is 6.42. The first-order chi connectivity index (χ1) is 12.9. The predicted octanol–water partition coefficient (Wildman–Crippen LogP) is -0.169. The summed E-state index contributed by atoms with van der Waals surface area (Å²) in [6.07, 6.45) is 0. The van der Waals surface area contributed by atoms with E-state index in [1.54, 1.807) is 18.2 Å². The largest absolute Gasteiger partial charge is 0.364 e. The third kappa shape index (κ3) is 5.81. The Hall–Kier alpha value is -3.95. The summed E-state index contributed by atoms with van der Waals surface area (Å²) in [5.41, 5.74) is 10.9. The molecular weight excluding hydrogens is 352 g/mol. The molecule has 10 nitrogen and oxygen atoms in total. The topological polar surface area (TPSA) is 169 Å². The van der Waals surface area contributed by atoms with Gasteiger partial charge in [-0.05, 0) is 30.3 Å². The molecule has 0 atom stereocenters. The van der Waals surface area contributed by atoms with E-state index < -0.39 is 17.8 Å². The minimum absolute atomic E-state index is 0.0135. The van der Waals surface area contributed by atoms with Gasteiger partial charge >= 0.3 is 6.03 Å². The Balaban J connectivity index is 1.83. The van der Waals surface area contributed by atoms with Gasteiger partial charge in [0.1, 0.15) is 11.4 Å². The standard InChI is InChI=1S/C17H18N6O4/c18-14(24)12-5-2-6-13(23-12)16(26)21-8-7-20-15(25)10-3-1-4-11(9-10)22-17(19)27/h1-6,9H,7-8H2,(H2,18,24)(H,20,25)(H,21,26)(H3,19,22,27). The molecule has 10 heteroatoms. The lowest BCUT2D eigenvalue weighted by atomic mass is 10.2. The van der Waals surface area contributed by atoms with Gasteiger partial charge < -0.3 is 27.4 Å². The Labute approximate surface area is 154 Å². The van der Waals surface area contributed by atoms with Gasteiger partial charge in [0.2, 0.25) is 0 Å². The van der Waals surface area contributed by atoms with Crippen molar-refractivity contribution in [2.75, 3.05) is 18.4 Å². The van der Waals surface area contributed by atoms with Crippen LogP contribution in [0.2, 0.25) is 0 Å². The number of hydrogen-bond donors (Lipinski definition) is 5. The number of primary amides is 2. The molecule has 140 valence electrons. The zero-order valence-electron chi connectivity index (χ0n) is 14.2. The number of urea groups is 1. The number of benzene rings is 1. The van der Waals surface area contributed by atoms with Gasteiger partial charge in [0.25, 0.3) is 17.7 Å². The van der Waals surface area contributed by atoms with E-state index in [0.717, 1.165) is 0 Å². The maximum atomic E-state index is 12.1. The second kappa shape index (κ2) is 8.94. The van der Waals surface area contributed by atoms with Crippen LogP contribution in [0.1, 0.15) is 31.3 Å². The number of nitrogens with zero attached hydrogens (tertiary/aromatic N) is 1. The number of rotatable bonds is 7. The van der Waals surface area contributed by atoms with E-state index >= 15 is 0 Å². The average molecular weight is 370 g/mol. The Morgan fingerprint density at radius 2 is 1.48 bits per heavy atom. The molecule has 27 heavy (non-hydrogen) atoms. The van der Waals surface area contributed by atoms with E-state index in [1.807, 2.05) is 0 Å². The van der Waals surface area contributed by atoms with E-state index in [9.17, 15) is 19.2 Å². The molecule has 0 unspecified atom stereocenters. The molecule has 2 rings (SSSR count). The molecule has 7 N–H and O–H groups in total. The van der Waals surface area contributed by atoms with Gasteiger partial charge in [-0.25, -0.2) is 9.78 Å². The molecular formula is C17H18N6O4. The molecule has 1 aromatic heterocycles. The lowest BCUT2D eigenvalue weighted by Crippen LogP contribution is -2.35. The number of aromatic nitrogens is 1. The van der Waals surface area contributed by atoms with E-state index in [4.69, 9.17) is 11.5 Å². The van der Waals surface area contributed by atoms with Crippen LogP contribution < -0.4 is 27.4 Å². The van der Waals surface area contributed by atoms with Crippen molar-refractivity contribution >= 4 is 29.4 Å². The number of amides is 5. The fourth-order valence-corrected chi connectivity index (χ4v) is 2.12. The first-order valence-corrected chi connectivity index (χ1v) is 7.86. The summed E-state index contributed by atoms with van der Waals surface area (Å²) in [5.74, 6) is -1.61. The normalized spacial score (nSPS) is 9.93. The smallest absolute Gasteiger partial charge is 0.316 e. The number of nitrogens with one attached hydrogen (secondary N) is 3. The molecule has 0 aliphatic heterocycles. The number of carbonyl (C=O) groups excluding carboxylic acids is 4. The van der Waals surface area contributed by atoms with E-state index in [-0.39, 0.29) is 30.4 Å². The van der Waals surface area contributed by atoms with Crippen LogP contribution in [0.3, 0.4) is 0 Å². The molecule has 0 saturated carbocycles. The Morgan fingerprint density at radius 1 is 0.852 bits per heavy atom. The summed E-state index contributed by atoms with van der Waals surface area (Å²) in [6.45, 7) is 0.305. The fraction of sp³-hybridized carbons (Fsp3) is 0.118. The third-order valence-electron chi connectivity index (χ3n) is 3.32. The van der Waals surface area contributed by atoms with Gasteiger partial charge in [-0.3, -0.25) is 14.4 Å². The van der Waals surface area contributed by atoms with Crippen LogP contribution >= 0.6 is 0 Å². The quantitative estimate of drug-likeness (QED) is 0.425. The van der Waals surface area contributed by atoms with Gasteiger partial charge in [0.05, 0.1) is 0 Å². The van der Waals surface area contributed by atoms with Crippen molar-refractivity contribution in [3.05, 3.63) is 59.4 Å². The van der Waals surface area contributed by atoms with Crippen LogP contribution in [-0.2, 0) is 0 Å². The van der Waals surface area contributed by atoms with Crippen molar-refractivity contribution in [2.45, 2.75) is 0 Å². The lowest BCUT2D eigenvalue weighted by molar-refractivity contribution is 0.0924. The first-order valence-electron chi connectivity index (χ1n) is 7.86. The lowest BCUT2D eigenvalue weighted by Gasteiger charge is -2.08. The SMILES string of the molecule is NC(=O)Nc1cccc(C(=O)NCCNC(=O)c2cccc(C(N)=O)n2)c1. The summed E-state index contributed by atoms with van der Waals surface area (Å²) in [4.78, 5) is 49.8. The molecule has 2 aromatic rings. The highest BCUT2D eigenvalue weighted by Gasteiger charge is 2.10. The average Bonchev–Trinajstić information content (AvgIpc) is 2.64. The first kappa shape index (κ1) is 19.4. The molecule has 5 amide bonds. The monoisotopic (exact) mass is 370 g/mol. The van der Waals surface area contributed by atoms with Crippen molar-refractivity contribution in [3.63, 3.8) is 0 Å². The number of anilines is 1. The maximum Gasteiger partial charge on any atom is 0.316 e. The van der Waals surface area contributed by atoms with Crippen molar-refractivity contribution in [3.8, 4) is 0 Å². The van der Waals surface area contributed by atoms with E-state index in [0.29, 0.717) is 11.3 Å². The number of hydrogen-bond acceptors (Lipinski definition) is 5. The third-order valence-corrected chi connectivity index (χ3v) is 3.32. The summed E-state index contributed by atoms with van der Waals surface area (Å²) >= 11 is 0. The van der Waals surface area contributed by atoms with Crippen LogP contribution in [0.4, 0.5) is 10.5 Å². The van der Waals surface area contributed by atoms with Gasteiger partial charge in [0, 0.05) is 24.3 Å². The Morgan fingerprint density at radius 3 is 2.15 bits per heavy atom. The van der Waals surface area contributed by atoms with E-state index in [2.05, 4.69) is 20.9 Å². The Bertz CT molecular complexity index is 883. The van der Waals surface area contributed by atoms with Crippen LogP contribution in [0.25, 0.3) is 0 Å². The molecule has 0 aliphatic rings. The van der Waals surface area contributed by atoms with Gasteiger partial charge in [0.15, 0.2) is 0 Å². The summed E-state index contributed by atoms with van der Waals surface area (Å²) in [6, 6.07) is 9.84. The highest BCUT2D eigenvalue weighted by Crippen LogP contribution is 2.10. The molecule has 0 spiro atoms. The predicted molar refractivity (Wildman–Crippen MR) is 97.1 cm³/mol. The zero-order chi connectivity index (χ0) is 19.8. The molecule has 1 aromatic carbocycles. The maximum absolute atomic E-state index is 12.1. The molecule has 0 fully saturated rings. The van der Waals surface area contributed by atoms with Crippen LogP contribution in [-0.4, -0.2) is 41.8 Å². The molecule has 0 aliphatic carbocycles. The second-order valence-corrected chi connectivity index (χ2v) is 5.35. The van der Waals surface area contributed by atoms with Gasteiger partial charge in [-0.15, -0.1) is 0 Å². The van der Waals surface area contributed by atoms with Crippen molar-refractivity contribution in [1.82, 2.24) is 15.6 Å². The van der Waals surface area contributed by atoms with Gasteiger partial charge in [-0.2, -0.15) is 0 Å². The number of carbonyl (C=O) groups is 4. The van der Waals surface area contributed by atoms with Crippen LogP contribution in [0.15, 0.2) is 42.5 Å². The highest BCUT2D eigenvalue weighted by molar-refractivity contribution is 5.97. The minimum atomic E-state index is -0.732. The second-order valence-electron chi connectivity index (χ2n) is 5.35. The summed E-state index contributed by atoms with van der Waals surface area (Å²) in [5, 5.41) is 7.57. The van der Waals surface area contributed by atoms with Crippen molar-refractivity contribution in [2.24, 2.45) is 11.5 Å².